The summed E-state index contributed by atoms with van der Waals surface area (Å²) in [6, 6.07) is 21.8. The first-order valence-electron chi connectivity index (χ1n) is 10.6. The van der Waals surface area contributed by atoms with Gasteiger partial charge in [0.15, 0.2) is 0 Å². The molecule has 0 aliphatic heterocycles. The number of halogens is 1. The molecule has 0 bridgehead atoms. The molecule has 0 aliphatic carbocycles. The number of hydrogen-bond donors (Lipinski definition) is 2. The second-order valence-corrected chi connectivity index (χ2v) is 7.78. The minimum absolute atomic E-state index is 0.0207. The second-order valence-electron chi connectivity index (χ2n) is 7.78. The van der Waals surface area contributed by atoms with Gasteiger partial charge in [-0.2, -0.15) is 0 Å². The molecule has 33 heavy (non-hydrogen) atoms. The van der Waals surface area contributed by atoms with Crippen molar-refractivity contribution in [1.29, 1.82) is 0 Å². The van der Waals surface area contributed by atoms with Crippen LogP contribution in [0.3, 0.4) is 0 Å². The van der Waals surface area contributed by atoms with Crippen molar-refractivity contribution >= 4 is 11.6 Å². The molecule has 5 rings (SSSR count). The summed E-state index contributed by atoms with van der Waals surface area (Å²) in [6.07, 6.45) is 3.57. The molecule has 2 N–H and O–H groups in total. The third-order valence-electron chi connectivity index (χ3n) is 5.53. The molecular weight excluding hydrogens is 417 g/mol. The zero-order valence-corrected chi connectivity index (χ0v) is 18.0. The number of rotatable bonds is 6. The fourth-order valence-electron chi connectivity index (χ4n) is 3.82. The van der Waals surface area contributed by atoms with Crippen LogP contribution in [0, 0.1) is 5.82 Å². The number of benzene rings is 2. The van der Waals surface area contributed by atoms with Crippen LogP contribution in [0.15, 0.2) is 85.2 Å². The Hall–Kier alpha value is -4.10. The van der Waals surface area contributed by atoms with Gasteiger partial charge in [0.2, 0.25) is 5.95 Å². The summed E-state index contributed by atoms with van der Waals surface area (Å²) in [7, 11) is 0. The third kappa shape index (κ3) is 4.18. The second kappa shape index (κ2) is 8.80. The summed E-state index contributed by atoms with van der Waals surface area (Å²) in [4.78, 5) is 14.0. The number of pyridine rings is 1. The molecule has 1 unspecified atom stereocenters. The van der Waals surface area contributed by atoms with Crippen molar-refractivity contribution in [3.8, 4) is 22.6 Å². The number of fused-ring (bicyclic) bond motifs is 1. The van der Waals surface area contributed by atoms with Crippen LogP contribution in [0.25, 0.3) is 28.3 Å². The molecule has 1 atom stereocenters. The van der Waals surface area contributed by atoms with Crippen LogP contribution in [-0.2, 0) is 6.61 Å². The van der Waals surface area contributed by atoms with Gasteiger partial charge < -0.3 is 10.4 Å². The lowest BCUT2D eigenvalue weighted by atomic mass is 10.1. The highest BCUT2D eigenvalue weighted by Crippen LogP contribution is 2.32. The number of imidazole rings is 1. The van der Waals surface area contributed by atoms with Gasteiger partial charge in [-0.3, -0.25) is 4.40 Å². The Morgan fingerprint density at radius 2 is 1.79 bits per heavy atom. The lowest BCUT2D eigenvalue weighted by molar-refractivity contribution is 0.282. The largest absolute Gasteiger partial charge is 0.392 e. The van der Waals surface area contributed by atoms with Crippen LogP contribution in [0.5, 0.6) is 0 Å². The van der Waals surface area contributed by atoms with Gasteiger partial charge in [0, 0.05) is 18.0 Å². The summed E-state index contributed by atoms with van der Waals surface area (Å²) in [5, 5.41) is 12.9. The predicted octanol–water partition coefficient (Wildman–Crippen LogP) is 5.26. The number of anilines is 1. The maximum Gasteiger partial charge on any atom is 0.223 e. The normalized spacial score (nSPS) is 12.1. The van der Waals surface area contributed by atoms with Gasteiger partial charge in [-0.1, -0.05) is 30.3 Å². The summed E-state index contributed by atoms with van der Waals surface area (Å²) in [5.41, 5.74) is 5.44. The third-order valence-corrected chi connectivity index (χ3v) is 5.53. The van der Waals surface area contributed by atoms with Crippen molar-refractivity contribution in [1.82, 2.24) is 19.4 Å². The Labute approximate surface area is 190 Å². The van der Waals surface area contributed by atoms with Crippen molar-refractivity contribution in [2.45, 2.75) is 19.6 Å². The van der Waals surface area contributed by atoms with Crippen LogP contribution in [0.2, 0.25) is 0 Å². The standard InChI is InChI=1S/C26H22FN5O/c1-17(19-5-3-2-4-6-19)29-26-28-13-11-22(30-26)25-24(20-7-9-21(27)10-8-20)31-23-15-18(16-33)12-14-32(23)25/h2-15,17,33H,16H2,1H3,(H,28,29,30). The minimum atomic E-state index is -0.310. The fourth-order valence-corrected chi connectivity index (χ4v) is 3.82. The molecular formula is C26H22FN5O. The molecule has 3 heterocycles. The smallest absolute Gasteiger partial charge is 0.223 e. The maximum atomic E-state index is 13.6. The summed E-state index contributed by atoms with van der Waals surface area (Å²) < 4.78 is 15.5. The van der Waals surface area contributed by atoms with E-state index in [-0.39, 0.29) is 18.5 Å². The monoisotopic (exact) mass is 439 g/mol. The minimum Gasteiger partial charge on any atom is -0.392 e. The lowest BCUT2D eigenvalue weighted by Gasteiger charge is -2.15. The van der Waals surface area contributed by atoms with Gasteiger partial charge in [-0.05, 0) is 60.5 Å². The molecule has 5 aromatic rings. The molecule has 0 radical (unpaired) electrons. The van der Waals surface area contributed by atoms with Gasteiger partial charge in [-0.15, -0.1) is 0 Å². The van der Waals surface area contributed by atoms with Crippen molar-refractivity contribution in [3.05, 3.63) is 102 Å². The summed E-state index contributed by atoms with van der Waals surface area (Å²) >= 11 is 0. The number of nitrogens with one attached hydrogen (secondary N) is 1. The average Bonchev–Trinajstić information content (AvgIpc) is 3.24. The molecule has 0 saturated carbocycles. The SMILES string of the molecule is CC(Nc1nccc(-c2c(-c3ccc(F)cc3)nc3cc(CO)ccn23)n1)c1ccccc1. The fraction of sp³-hybridized carbons (Fsp3) is 0.115. The highest BCUT2D eigenvalue weighted by atomic mass is 19.1. The molecule has 6 nitrogen and oxygen atoms in total. The summed E-state index contributed by atoms with van der Waals surface area (Å²) in [6.45, 7) is 1.98. The number of aromatic nitrogens is 4. The van der Waals surface area contributed by atoms with E-state index >= 15 is 0 Å². The van der Waals surface area contributed by atoms with Crippen LogP contribution in [0.1, 0.15) is 24.1 Å². The van der Waals surface area contributed by atoms with Gasteiger partial charge in [0.05, 0.1) is 29.7 Å². The summed E-state index contributed by atoms with van der Waals surface area (Å²) in [5.74, 6) is 0.186. The molecule has 0 spiro atoms. The van der Waals surface area contributed by atoms with E-state index in [9.17, 15) is 9.50 Å². The number of aliphatic hydroxyl groups is 1. The quantitative estimate of drug-likeness (QED) is 0.377. The van der Waals surface area contributed by atoms with Gasteiger partial charge in [0.25, 0.3) is 0 Å². The van der Waals surface area contributed by atoms with Gasteiger partial charge in [-0.25, -0.2) is 19.3 Å². The average molecular weight is 439 g/mol. The highest BCUT2D eigenvalue weighted by molar-refractivity contribution is 5.80. The Morgan fingerprint density at radius 1 is 1.00 bits per heavy atom. The van der Waals surface area contributed by atoms with E-state index in [1.807, 2.05) is 47.0 Å². The Balaban J connectivity index is 1.61. The molecule has 0 aliphatic rings. The number of aliphatic hydroxyl groups excluding tert-OH is 1. The lowest BCUT2D eigenvalue weighted by Crippen LogP contribution is -2.09. The predicted molar refractivity (Wildman–Crippen MR) is 126 cm³/mol. The van der Waals surface area contributed by atoms with E-state index in [1.54, 1.807) is 18.3 Å². The maximum absolute atomic E-state index is 13.6. The van der Waals surface area contributed by atoms with Crippen LogP contribution < -0.4 is 5.32 Å². The van der Waals surface area contributed by atoms with E-state index in [2.05, 4.69) is 29.4 Å². The topological polar surface area (TPSA) is 75.3 Å². The molecule has 0 saturated heterocycles. The molecule has 0 amide bonds. The molecule has 3 aromatic heterocycles. The molecule has 0 fully saturated rings. The zero-order valence-electron chi connectivity index (χ0n) is 18.0. The van der Waals surface area contributed by atoms with E-state index < -0.39 is 0 Å². The van der Waals surface area contributed by atoms with E-state index in [1.165, 1.54) is 12.1 Å². The van der Waals surface area contributed by atoms with E-state index in [4.69, 9.17) is 9.97 Å². The molecule has 2 aromatic carbocycles. The first-order valence-corrected chi connectivity index (χ1v) is 10.6. The van der Waals surface area contributed by atoms with Crippen molar-refractivity contribution in [2.24, 2.45) is 0 Å². The van der Waals surface area contributed by atoms with Crippen LogP contribution in [0.4, 0.5) is 10.3 Å². The van der Waals surface area contributed by atoms with Crippen LogP contribution >= 0.6 is 0 Å². The van der Waals surface area contributed by atoms with Gasteiger partial charge >= 0.3 is 0 Å². The number of nitrogens with zero attached hydrogens (tertiary/aromatic N) is 4. The number of hydrogen-bond acceptors (Lipinski definition) is 5. The van der Waals surface area contributed by atoms with Crippen molar-refractivity contribution < 1.29 is 9.50 Å². The Morgan fingerprint density at radius 3 is 2.55 bits per heavy atom. The van der Waals surface area contributed by atoms with Crippen molar-refractivity contribution in [2.75, 3.05) is 5.32 Å². The van der Waals surface area contributed by atoms with E-state index in [0.717, 1.165) is 22.4 Å². The molecule has 7 heteroatoms. The highest BCUT2D eigenvalue weighted by Gasteiger charge is 2.18. The molecule has 164 valence electrons. The zero-order chi connectivity index (χ0) is 22.8. The Kier molecular flexibility index (Phi) is 5.54. The van der Waals surface area contributed by atoms with Crippen molar-refractivity contribution in [3.63, 3.8) is 0 Å². The first-order chi connectivity index (χ1) is 16.1. The Bertz CT molecular complexity index is 1400. The van der Waals surface area contributed by atoms with Gasteiger partial charge in [0.1, 0.15) is 11.5 Å². The van der Waals surface area contributed by atoms with E-state index in [0.29, 0.717) is 23.0 Å². The first kappa shape index (κ1) is 20.8. The van der Waals surface area contributed by atoms with Crippen LogP contribution in [-0.4, -0.2) is 24.5 Å².